The normalized spacial score (nSPS) is 21.8. The molecule has 2 fully saturated rings. The van der Waals surface area contributed by atoms with Gasteiger partial charge in [-0.05, 0) is 62.8 Å². The zero-order chi connectivity index (χ0) is 19.5. The van der Waals surface area contributed by atoms with Crippen molar-refractivity contribution in [2.75, 3.05) is 26.9 Å². The third-order valence-electron chi connectivity index (χ3n) is 6.04. The minimum atomic E-state index is 0.206. The van der Waals surface area contributed by atoms with Crippen LogP contribution in [0.3, 0.4) is 0 Å². The van der Waals surface area contributed by atoms with Gasteiger partial charge in [-0.1, -0.05) is 18.6 Å². The Labute approximate surface area is 167 Å². The molecule has 0 aliphatic carbocycles. The second-order valence-corrected chi connectivity index (χ2v) is 8.11. The molecule has 3 heterocycles. The summed E-state index contributed by atoms with van der Waals surface area (Å²) in [5.74, 6) is 2.90. The molecule has 0 radical (unpaired) electrons. The van der Waals surface area contributed by atoms with Gasteiger partial charge in [0.25, 0.3) is 0 Å². The lowest BCUT2D eigenvalue weighted by Gasteiger charge is -2.33. The monoisotopic (exact) mass is 385 g/mol. The Hall–Kier alpha value is -1.92. The first kappa shape index (κ1) is 19.4. The van der Waals surface area contributed by atoms with Crippen LogP contribution in [0.4, 0.5) is 0 Å². The standard InChI is InChI=1S/C22H31N3O3/c1-15-12-17(13-16(2)20(15)26-3)14-25-9-5-4-6-19(25)22-24-23-21(28-22)18-7-10-27-11-8-18/h12-13,18-19H,4-11,14H2,1-3H3. The second-order valence-electron chi connectivity index (χ2n) is 8.11. The number of hydrogen-bond acceptors (Lipinski definition) is 6. The van der Waals surface area contributed by atoms with Crippen LogP contribution in [0, 0.1) is 13.8 Å². The first-order valence-corrected chi connectivity index (χ1v) is 10.4. The lowest BCUT2D eigenvalue weighted by molar-refractivity contribution is 0.0768. The quantitative estimate of drug-likeness (QED) is 0.764. The van der Waals surface area contributed by atoms with E-state index in [1.165, 1.54) is 29.5 Å². The predicted molar refractivity (Wildman–Crippen MR) is 107 cm³/mol. The Morgan fingerprint density at radius 3 is 2.46 bits per heavy atom. The first-order valence-electron chi connectivity index (χ1n) is 10.4. The number of benzene rings is 1. The molecule has 0 amide bonds. The summed E-state index contributed by atoms with van der Waals surface area (Å²) >= 11 is 0. The number of hydrogen-bond donors (Lipinski definition) is 0. The molecule has 1 aromatic carbocycles. The summed E-state index contributed by atoms with van der Waals surface area (Å²) in [7, 11) is 1.74. The molecule has 0 bridgehead atoms. The van der Waals surface area contributed by atoms with Crippen LogP contribution < -0.4 is 4.74 Å². The van der Waals surface area contributed by atoms with Crippen LogP contribution in [0.25, 0.3) is 0 Å². The summed E-state index contributed by atoms with van der Waals surface area (Å²) in [5, 5.41) is 8.84. The molecule has 1 atom stereocenters. The van der Waals surface area contributed by atoms with Crippen molar-refractivity contribution in [1.82, 2.24) is 15.1 Å². The van der Waals surface area contributed by atoms with E-state index in [-0.39, 0.29) is 6.04 Å². The third kappa shape index (κ3) is 4.08. The minimum absolute atomic E-state index is 0.206. The maximum atomic E-state index is 6.18. The highest BCUT2D eigenvalue weighted by Gasteiger charge is 2.30. The Kier molecular flexibility index (Phi) is 5.97. The van der Waals surface area contributed by atoms with Gasteiger partial charge in [0.05, 0.1) is 13.2 Å². The minimum Gasteiger partial charge on any atom is -0.496 e. The molecule has 1 unspecified atom stereocenters. The van der Waals surface area contributed by atoms with Crippen molar-refractivity contribution in [3.63, 3.8) is 0 Å². The topological polar surface area (TPSA) is 60.6 Å². The summed E-state index contributed by atoms with van der Waals surface area (Å²) < 4.78 is 17.1. The summed E-state index contributed by atoms with van der Waals surface area (Å²) in [6.07, 6.45) is 5.44. The number of aryl methyl sites for hydroxylation is 2. The number of piperidine rings is 1. The van der Waals surface area contributed by atoms with E-state index >= 15 is 0 Å². The van der Waals surface area contributed by atoms with Crippen molar-refractivity contribution in [3.8, 4) is 5.75 Å². The number of nitrogens with zero attached hydrogens (tertiary/aromatic N) is 3. The maximum absolute atomic E-state index is 6.18. The summed E-state index contributed by atoms with van der Waals surface area (Å²) in [5.41, 5.74) is 3.68. The summed E-state index contributed by atoms with van der Waals surface area (Å²) in [6.45, 7) is 7.75. The molecule has 0 saturated carbocycles. The molecule has 2 aromatic rings. The van der Waals surface area contributed by atoms with Gasteiger partial charge in [0, 0.05) is 25.7 Å². The number of ether oxygens (including phenoxy) is 2. The average Bonchev–Trinajstić information content (AvgIpc) is 3.19. The lowest BCUT2D eigenvalue weighted by atomic mass is 9.99. The van der Waals surface area contributed by atoms with Crippen molar-refractivity contribution in [2.24, 2.45) is 0 Å². The molecule has 2 saturated heterocycles. The number of aromatic nitrogens is 2. The van der Waals surface area contributed by atoms with E-state index in [1.807, 2.05) is 0 Å². The van der Waals surface area contributed by atoms with Crippen LogP contribution in [-0.2, 0) is 11.3 Å². The molecule has 28 heavy (non-hydrogen) atoms. The Bertz CT molecular complexity index is 775. The maximum Gasteiger partial charge on any atom is 0.233 e. The number of rotatable bonds is 5. The highest BCUT2D eigenvalue weighted by Crippen LogP contribution is 2.34. The van der Waals surface area contributed by atoms with Gasteiger partial charge in [-0.25, -0.2) is 0 Å². The highest BCUT2D eigenvalue weighted by molar-refractivity contribution is 5.43. The van der Waals surface area contributed by atoms with Gasteiger partial charge in [-0.2, -0.15) is 0 Å². The van der Waals surface area contributed by atoms with E-state index in [0.717, 1.165) is 63.1 Å². The fourth-order valence-corrected chi connectivity index (χ4v) is 4.64. The van der Waals surface area contributed by atoms with Gasteiger partial charge in [-0.15, -0.1) is 10.2 Å². The summed E-state index contributed by atoms with van der Waals surface area (Å²) in [4.78, 5) is 2.49. The zero-order valence-electron chi connectivity index (χ0n) is 17.2. The van der Waals surface area contributed by atoms with Crippen molar-refractivity contribution >= 4 is 0 Å². The Balaban J connectivity index is 1.51. The largest absolute Gasteiger partial charge is 0.496 e. The third-order valence-corrected chi connectivity index (χ3v) is 6.04. The number of likely N-dealkylation sites (tertiary alicyclic amines) is 1. The van der Waals surface area contributed by atoms with Crippen LogP contribution >= 0.6 is 0 Å². The van der Waals surface area contributed by atoms with Crippen LogP contribution in [0.15, 0.2) is 16.5 Å². The Morgan fingerprint density at radius 2 is 1.75 bits per heavy atom. The van der Waals surface area contributed by atoms with Crippen molar-refractivity contribution < 1.29 is 13.9 Å². The fraction of sp³-hybridized carbons (Fsp3) is 0.636. The van der Waals surface area contributed by atoms with Crippen LogP contribution in [0.5, 0.6) is 5.75 Å². The predicted octanol–water partition coefficient (Wildman–Crippen LogP) is 4.32. The second kappa shape index (κ2) is 8.62. The molecular formula is C22H31N3O3. The van der Waals surface area contributed by atoms with Gasteiger partial charge in [-0.3, -0.25) is 4.90 Å². The fourth-order valence-electron chi connectivity index (χ4n) is 4.64. The van der Waals surface area contributed by atoms with Crippen LogP contribution in [0.2, 0.25) is 0 Å². The average molecular weight is 386 g/mol. The molecule has 0 N–H and O–H groups in total. The van der Waals surface area contributed by atoms with Crippen molar-refractivity contribution in [1.29, 1.82) is 0 Å². The molecule has 1 aromatic heterocycles. The van der Waals surface area contributed by atoms with E-state index in [1.54, 1.807) is 7.11 Å². The molecule has 6 heteroatoms. The SMILES string of the molecule is COc1c(C)cc(CN2CCCCC2c2nnc(C3CCOCC3)o2)cc1C. The van der Waals surface area contributed by atoms with Gasteiger partial charge in [0.2, 0.25) is 11.8 Å². The van der Waals surface area contributed by atoms with E-state index in [9.17, 15) is 0 Å². The van der Waals surface area contributed by atoms with E-state index < -0.39 is 0 Å². The molecule has 6 nitrogen and oxygen atoms in total. The van der Waals surface area contributed by atoms with Crippen molar-refractivity contribution in [2.45, 2.75) is 64.5 Å². The number of methoxy groups -OCH3 is 1. The molecule has 152 valence electrons. The molecular weight excluding hydrogens is 354 g/mol. The van der Waals surface area contributed by atoms with Gasteiger partial charge < -0.3 is 13.9 Å². The zero-order valence-corrected chi connectivity index (χ0v) is 17.2. The van der Waals surface area contributed by atoms with Crippen molar-refractivity contribution in [3.05, 3.63) is 40.6 Å². The van der Waals surface area contributed by atoms with Crippen LogP contribution in [0.1, 0.15) is 72.5 Å². The Morgan fingerprint density at radius 1 is 1.04 bits per heavy atom. The van der Waals surface area contributed by atoms with E-state index in [0.29, 0.717) is 5.92 Å². The smallest absolute Gasteiger partial charge is 0.233 e. The highest BCUT2D eigenvalue weighted by atomic mass is 16.5. The van der Waals surface area contributed by atoms with Gasteiger partial charge >= 0.3 is 0 Å². The van der Waals surface area contributed by atoms with E-state index in [4.69, 9.17) is 13.9 Å². The molecule has 2 aliphatic rings. The molecule has 0 spiro atoms. The molecule has 4 rings (SSSR count). The van der Waals surface area contributed by atoms with Gasteiger partial charge in [0.15, 0.2) is 0 Å². The van der Waals surface area contributed by atoms with Gasteiger partial charge in [0.1, 0.15) is 5.75 Å². The van der Waals surface area contributed by atoms with E-state index in [2.05, 4.69) is 41.1 Å². The first-order chi connectivity index (χ1) is 13.7. The summed E-state index contributed by atoms with van der Waals surface area (Å²) in [6, 6.07) is 4.68. The molecule has 2 aliphatic heterocycles. The lowest BCUT2D eigenvalue weighted by Crippen LogP contribution is -2.33. The van der Waals surface area contributed by atoms with Crippen LogP contribution in [-0.4, -0.2) is 42.0 Å².